The van der Waals surface area contributed by atoms with Crippen molar-refractivity contribution in [2.45, 2.75) is 19.3 Å². The molecule has 0 spiro atoms. The zero-order valence-corrected chi connectivity index (χ0v) is 14.9. The number of halogens is 2. The number of carbonyl (C=O) groups is 1. The van der Waals surface area contributed by atoms with E-state index in [1.54, 1.807) is 24.3 Å². The first-order chi connectivity index (χ1) is 12.4. The van der Waals surface area contributed by atoms with E-state index in [0.717, 1.165) is 5.56 Å². The molecule has 6 heteroatoms. The molecule has 1 N–H and O–H groups in total. The maximum atomic E-state index is 13.8. The van der Waals surface area contributed by atoms with E-state index in [9.17, 15) is 13.6 Å². The Kier molecular flexibility index (Phi) is 5.23. The van der Waals surface area contributed by atoms with E-state index in [-0.39, 0.29) is 11.6 Å². The van der Waals surface area contributed by atoms with Gasteiger partial charge in [-0.2, -0.15) is 0 Å². The van der Waals surface area contributed by atoms with Crippen LogP contribution in [0.15, 0.2) is 42.5 Å². The normalized spacial score (nSPS) is 15.0. The van der Waals surface area contributed by atoms with Gasteiger partial charge in [-0.1, -0.05) is 18.2 Å². The summed E-state index contributed by atoms with van der Waals surface area (Å²) >= 11 is 0. The van der Waals surface area contributed by atoms with Gasteiger partial charge in [0.05, 0.1) is 18.6 Å². The number of nitrogens with zero attached hydrogens (tertiary/aromatic N) is 1. The second-order valence-corrected chi connectivity index (χ2v) is 6.83. The van der Waals surface area contributed by atoms with Crippen LogP contribution in [0.1, 0.15) is 19.4 Å². The molecule has 0 atom stereocenters. The number of rotatable bonds is 4. The Balaban J connectivity index is 1.77. The number of para-hydroxylation sites is 1. The first kappa shape index (κ1) is 18.3. The molecule has 0 radical (unpaired) electrons. The molecule has 4 nitrogen and oxygen atoms in total. The number of amides is 1. The minimum Gasteiger partial charge on any atom is -0.378 e. The monoisotopic (exact) mass is 360 g/mol. The highest BCUT2D eigenvalue weighted by Gasteiger charge is 2.34. The Bertz CT molecular complexity index is 765. The van der Waals surface area contributed by atoms with Crippen molar-refractivity contribution in [3.8, 4) is 0 Å². The number of hydrogen-bond acceptors (Lipinski definition) is 3. The highest BCUT2D eigenvalue weighted by molar-refractivity contribution is 5.87. The van der Waals surface area contributed by atoms with Crippen molar-refractivity contribution < 1.29 is 18.3 Å². The van der Waals surface area contributed by atoms with Crippen molar-refractivity contribution in [2.24, 2.45) is 0 Å². The average Bonchev–Trinajstić information content (AvgIpc) is 2.65. The molecule has 138 valence electrons. The number of ether oxygens (including phenoxy) is 1. The summed E-state index contributed by atoms with van der Waals surface area (Å²) in [5, 5.41) is 2.75. The highest BCUT2D eigenvalue weighted by atomic mass is 19.1. The molecule has 1 fully saturated rings. The average molecular weight is 360 g/mol. The number of nitrogens with one attached hydrogen (secondary N) is 1. The molecule has 0 aromatic heterocycles. The van der Waals surface area contributed by atoms with E-state index in [0.29, 0.717) is 32.0 Å². The molecule has 2 aromatic rings. The predicted octanol–water partition coefficient (Wildman–Crippen LogP) is 3.84. The Morgan fingerprint density at radius 1 is 1.04 bits per heavy atom. The van der Waals surface area contributed by atoms with Crippen LogP contribution in [0.5, 0.6) is 0 Å². The summed E-state index contributed by atoms with van der Waals surface area (Å²) in [5.41, 5.74) is 0.504. The van der Waals surface area contributed by atoms with Gasteiger partial charge in [-0.25, -0.2) is 8.78 Å². The van der Waals surface area contributed by atoms with Gasteiger partial charge in [0, 0.05) is 18.8 Å². The second-order valence-electron chi connectivity index (χ2n) is 6.83. The van der Waals surface area contributed by atoms with Gasteiger partial charge < -0.3 is 15.0 Å². The Morgan fingerprint density at radius 2 is 1.62 bits per heavy atom. The Labute approximate surface area is 151 Å². The number of morpholine rings is 1. The first-order valence-electron chi connectivity index (χ1n) is 8.58. The summed E-state index contributed by atoms with van der Waals surface area (Å²) in [5.74, 6) is -1.27. The van der Waals surface area contributed by atoms with E-state index in [2.05, 4.69) is 5.32 Å². The van der Waals surface area contributed by atoms with Gasteiger partial charge in [0.1, 0.15) is 17.3 Å². The molecule has 1 aliphatic rings. The van der Waals surface area contributed by atoms with Crippen LogP contribution in [0.2, 0.25) is 0 Å². The Morgan fingerprint density at radius 3 is 2.19 bits per heavy atom. The molecule has 1 heterocycles. The van der Waals surface area contributed by atoms with E-state index in [4.69, 9.17) is 4.74 Å². The third-order valence-electron chi connectivity index (χ3n) is 4.67. The number of hydrogen-bond donors (Lipinski definition) is 1. The molecule has 0 bridgehead atoms. The lowest BCUT2D eigenvalue weighted by Gasteiger charge is -2.34. The van der Waals surface area contributed by atoms with Crippen LogP contribution in [0, 0.1) is 11.6 Å². The fraction of sp³-hybridized carbons (Fsp3) is 0.350. The van der Waals surface area contributed by atoms with Crippen molar-refractivity contribution >= 4 is 17.3 Å². The van der Waals surface area contributed by atoms with Crippen molar-refractivity contribution in [1.29, 1.82) is 0 Å². The SMILES string of the molecule is CC(C)(C(=O)N1CCOCC1)c1ccc(Nc2c(F)cccc2F)cc1. The van der Waals surface area contributed by atoms with E-state index in [1.807, 2.05) is 18.7 Å². The summed E-state index contributed by atoms with van der Waals surface area (Å²) in [6.45, 7) is 6.05. The van der Waals surface area contributed by atoms with Crippen molar-refractivity contribution in [3.63, 3.8) is 0 Å². The maximum absolute atomic E-state index is 13.8. The lowest BCUT2D eigenvalue weighted by molar-refractivity contribution is -0.140. The quantitative estimate of drug-likeness (QED) is 0.901. The maximum Gasteiger partial charge on any atom is 0.232 e. The third kappa shape index (κ3) is 3.70. The van der Waals surface area contributed by atoms with Gasteiger partial charge in [-0.15, -0.1) is 0 Å². The number of benzene rings is 2. The molecule has 0 aliphatic carbocycles. The lowest BCUT2D eigenvalue weighted by Crippen LogP contribution is -2.48. The topological polar surface area (TPSA) is 41.6 Å². The molecule has 0 saturated carbocycles. The summed E-state index contributed by atoms with van der Waals surface area (Å²) in [6, 6.07) is 10.8. The summed E-state index contributed by atoms with van der Waals surface area (Å²) in [4.78, 5) is 14.7. The zero-order chi connectivity index (χ0) is 18.7. The second kappa shape index (κ2) is 7.41. The van der Waals surface area contributed by atoms with Gasteiger partial charge >= 0.3 is 0 Å². The van der Waals surface area contributed by atoms with Crippen LogP contribution in [0.3, 0.4) is 0 Å². The Hall–Kier alpha value is -2.47. The van der Waals surface area contributed by atoms with Crippen molar-refractivity contribution in [2.75, 3.05) is 31.6 Å². The van der Waals surface area contributed by atoms with E-state index < -0.39 is 17.0 Å². The predicted molar refractivity (Wildman–Crippen MR) is 96.5 cm³/mol. The largest absolute Gasteiger partial charge is 0.378 e. The molecule has 1 saturated heterocycles. The molecule has 0 unspecified atom stereocenters. The standard InChI is InChI=1S/C20H22F2N2O2/c1-20(2,19(25)24-10-12-26-13-11-24)14-6-8-15(9-7-14)23-18-16(21)4-3-5-17(18)22/h3-9,23H,10-13H2,1-2H3. The van der Waals surface area contributed by atoms with Gasteiger partial charge in [0.25, 0.3) is 0 Å². The minimum absolute atomic E-state index is 0.0432. The van der Waals surface area contributed by atoms with Crippen LogP contribution in [0.4, 0.5) is 20.2 Å². The highest BCUT2D eigenvalue weighted by Crippen LogP contribution is 2.29. The van der Waals surface area contributed by atoms with Gasteiger partial charge in [-0.3, -0.25) is 4.79 Å². The molecular formula is C20H22F2N2O2. The first-order valence-corrected chi connectivity index (χ1v) is 8.58. The fourth-order valence-electron chi connectivity index (χ4n) is 3.02. The molecule has 26 heavy (non-hydrogen) atoms. The summed E-state index contributed by atoms with van der Waals surface area (Å²) in [7, 11) is 0. The van der Waals surface area contributed by atoms with Crippen molar-refractivity contribution in [1.82, 2.24) is 4.90 Å². The smallest absolute Gasteiger partial charge is 0.232 e. The number of carbonyl (C=O) groups excluding carboxylic acids is 1. The molecule has 1 aliphatic heterocycles. The van der Waals surface area contributed by atoms with Crippen LogP contribution < -0.4 is 5.32 Å². The molecule has 2 aromatic carbocycles. The molecule has 3 rings (SSSR count). The summed E-state index contributed by atoms with van der Waals surface area (Å²) in [6.07, 6.45) is 0. The van der Waals surface area contributed by atoms with E-state index in [1.165, 1.54) is 18.2 Å². The molecule has 1 amide bonds. The summed E-state index contributed by atoms with van der Waals surface area (Å²) < 4.78 is 32.8. The molecular weight excluding hydrogens is 338 g/mol. The minimum atomic E-state index is -0.695. The van der Waals surface area contributed by atoms with Gasteiger partial charge in [0.15, 0.2) is 0 Å². The lowest BCUT2D eigenvalue weighted by atomic mass is 9.83. The van der Waals surface area contributed by atoms with Crippen LogP contribution >= 0.6 is 0 Å². The van der Waals surface area contributed by atoms with Gasteiger partial charge in [-0.05, 0) is 43.7 Å². The van der Waals surface area contributed by atoms with E-state index >= 15 is 0 Å². The van der Waals surface area contributed by atoms with Gasteiger partial charge in [0.2, 0.25) is 5.91 Å². The van der Waals surface area contributed by atoms with Crippen LogP contribution in [-0.4, -0.2) is 37.1 Å². The van der Waals surface area contributed by atoms with Crippen molar-refractivity contribution in [3.05, 3.63) is 59.7 Å². The fourth-order valence-corrected chi connectivity index (χ4v) is 3.02. The van der Waals surface area contributed by atoms with Crippen LogP contribution in [-0.2, 0) is 14.9 Å². The van der Waals surface area contributed by atoms with Crippen LogP contribution in [0.25, 0.3) is 0 Å². The number of anilines is 2. The zero-order valence-electron chi connectivity index (χ0n) is 14.9. The third-order valence-corrected chi connectivity index (χ3v) is 4.67.